The van der Waals surface area contributed by atoms with Crippen LogP contribution in [0.5, 0.6) is 0 Å². The maximum Gasteiger partial charge on any atom is 0.207 e. The lowest BCUT2D eigenvalue weighted by molar-refractivity contribution is 0.0968. The first-order valence-electron chi connectivity index (χ1n) is 7.67. The molecule has 0 aliphatic heterocycles. The summed E-state index contributed by atoms with van der Waals surface area (Å²) < 4.78 is 3.71. The molecule has 1 aromatic carbocycles. The third-order valence-electron chi connectivity index (χ3n) is 4.25. The molecule has 3 rings (SSSR count). The van der Waals surface area contributed by atoms with Crippen LogP contribution in [-0.4, -0.2) is 20.1 Å². The SMILES string of the molecule is CCn1c(C)cc(C(=O)Cn2ncc(=O)c3ccccc32)c1C. The Morgan fingerprint density at radius 3 is 2.65 bits per heavy atom. The summed E-state index contributed by atoms with van der Waals surface area (Å²) in [5.41, 5.74) is 3.31. The molecule has 0 saturated heterocycles. The van der Waals surface area contributed by atoms with Crippen LogP contribution in [0.1, 0.15) is 28.7 Å². The number of aromatic nitrogens is 3. The number of hydrogen-bond donors (Lipinski definition) is 0. The van der Waals surface area contributed by atoms with Crippen molar-refractivity contribution >= 4 is 16.7 Å². The zero-order valence-electron chi connectivity index (χ0n) is 13.5. The van der Waals surface area contributed by atoms with Crippen molar-refractivity contribution in [2.75, 3.05) is 0 Å². The lowest BCUT2D eigenvalue weighted by Crippen LogP contribution is -2.18. The molecule has 0 atom stereocenters. The molecule has 3 aromatic rings. The quantitative estimate of drug-likeness (QED) is 0.696. The van der Waals surface area contributed by atoms with E-state index in [1.165, 1.54) is 6.20 Å². The minimum Gasteiger partial charge on any atom is -0.349 e. The second-order valence-corrected chi connectivity index (χ2v) is 5.64. The number of rotatable bonds is 4. The second-order valence-electron chi connectivity index (χ2n) is 5.64. The molecule has 0 radical (unpaired) electrons. The number of ketones is 1. The van der Waals surface area contributed by atoms with Crippen molar-refractivity contribution in [2.45, 2.75) is 33.9 Å². The summed E-state index contributed by atoms with van der Waals surface area (Å²) in [5.74, 6) is -0.000831. The van der Waals surface area contributed by atoms with Gasteiger partial charge in [-0.15, -0.1) is 0 Å². The lowest BCUT2D eigenvalue weighted by Gasteiger charge is -2.09. The molecule has 0 aliphatic carbocycles. The average Bonchev–Trinajstić information content (AvgIpc) is 2.84. The molecule has 0 aliphatic rings. The van der Waals surface area contributed by atoms with E-state index in [0.29, 0.717) is 16.5 Å². The van der Waals surface area contributed by atoms with Crippen LogP contribution < -0.4 is 5.43 Å². The highest BCUT2D eigenvalue weighted by molar-refractivity contribution is 5.98. The molecular weight excluding hydrogens is 290 g/mol. The van der Waals surface area contributed by atoms with Crippen LogP contribution in [-0.2, 0) is 13.1 Å². The summed E-state index contributed by atoms with van der Waals surface area (Å²) in [6, 6.07) is 9.14. The molecule has 118 valence electrons. The van der Waals surface area contributed by atoms with Gasteiger partial charge in [0.2, 0.25) is 5.43 Å². The molecular formula is C18H19N3O2. The fourth-order valence-electron chi connectivity index (χ4n) is 3.08. The van der Waals surface area contributed by atoms with E-state index in [-0.39, 0.29) is 17.8 Å². The first kappa shape index (κ1) is 15.2. The lowest BCUT2D eigenvalue weighted by atomic mass is 10.1. The first-order valence-corrected chi connectivity index (χ1v) is 7.67. The molecule has 5 heteroatoms. The van der Waals surface area contributed by atoms with Gasteiger partial charge in [0, 0.05) is 28.9 Å². The van der Waals surface area contributed by atoms with Gasteiger partial charge >= 0.3 is 0 Å². The third-order valence-corrected chi connectivity index (χ3v) is 4.25. The van der Waals surface area contributed by atoms with E-state index in [2.05, 4.69) is 16.6 Å². The van der Waals surface area contributed by atoms with Crippen LogP contribution >= 0.6 is 0 Å². The number of carbonyl (C=O) groups is 1. The molecule has 0 N–H and O–H groups in total. The number of hydrogen-bond acceptors (Lipinski definition) is 3. The second kappa shape index (κ2) is 5.83. The average molecular weight is 309 g/mol. The molecule has 0 spiro atoms. The Kier molecular flexibility index (Phi) is 3.86. The minimum absolute atomic E-state index is 0.000831. The van der Waals surface area contributed by atoms with Crippen molar-refractivity contribution in [1.29, 1.82) is 0 Å². The van der Waals surface area contributed by atoms with Crippen LogP contribution in [0.25, 0.3) is 10.9 Å². The molecule has 0 saturated carbocycles. The maximum absolute atomic E-state index is 12.7. The van der Waals surface area contributed by atoms with Gasteiger partial charge < -0.3 is 4.57 Å². The number of carbonyl (C=O) groups excluding carboxylic acids is 1. The summed E-state index contributed by atoms with van der Waals surface area (Å²) in [7, 11) is 0. The Bertz CT molecular complexity index is 951. The van der Waals surface area contributed by atoms with Gasteiger partial charge in [0.15, 0.2) is 5.78 Å². The van der Waals surface area contributed by atoms with Crippen molar-refractivity contribution in [2.24, 2.45) is 0 Å². The number of Topliss-reactive ketones (excluding diaryl/α,β-unsaturated/α-hetero) is 1. The van der Waals surface area contributed by atoms with E-state index in [9.17, 15) is 9.59 Å². The normalized spacial score (nSPS) is 11.1. The zero-order chi connectivity index (χ0) is 16.6. The van der Waals surface area contributed by atoms with Crippen molar-refractivity contribution < 1.29 is 4.79 Å². The zero-order valence-corrected chi connectivity index (χ0v) is 13.5. The van der Waals surface area contributed by atoms with Crippen LogP contribution in [0.3, 0.4) is 0 Å². The van der Waals surface area contributed by atoms with Gasteiger partial charge in [-0.1, -0.05) is 12.1 Å². The first-order chi connectivity index (χ1) is 11.0. The van der Waals surface area contributed by atoms with Crippen molar-refractivity contribution in [3.63, 3.8) is 0 Å². The van der Waals surface area contributed by atoms with E-state index < -0.39 is 0 Å². The van der Waals surface area contributed by atoms with Crippen LogP contribution in [0.4, 0.5) is 0 Å². The highest BCUT2D eigenvalue weighted by Gasteiger charge is 2.16. The topological polar surface area (TPSA) is 56.9 Å². The van der Waals surface area contributed by atoms with Crippen molar-refractivity contribution in [3.05, 3.63) is 63.7 Å². The molecule has 5 nitrogen and oxygen atoms in total. The third kappa shape index (κ3) is 2.59. The molecule has 0 fully saturated rings. The van der Waals surface area contributed by atoms with E-state index >= 15 is 0 Å². The van der Waals surface area contributed by atoms with Crippen molar-refractivity contribution in [1.82, 2.24) is 14.3 Å². The van der Waals surface area contributed by atoms with Crippen LogP contribution in [0.15, 0.2) is 41.3 Å². The summed E-state index contributed by atoms with van der Waals surface area (Å²) in [6.07, 6.45) is 1.27. The number of para-hydroxylation sites is 1. The molecule has 23 heavy (non-hydrogen) atoms. The molecule has 0 bridgehead atoms. The van der Waals surface area contributed by atoms with Gasteiger partial charge in [0.25, 0.3) is 0 Å². The maximum atomic E-state index is 12.7. The molecule has 2 aromatic heterocycles. The predicted octanol–water partition coefficient (Wildman–Crippen LogP) is 2.72. The molecule has 0 amide bonds. The number of fused-ring (bicyclic) bond motifs is 1. The molecule has 0 unspecified atom stereocenters. The van der Waals surface area contributed by atoms with E-state index in [4.69, 9.17) is 0 Å². The Labute approximate surface area is 134 Å². The fraction of sp³-hybridized carbons (Fsp3) is 0.278. The molecule has 2 heterocycles. The van der Waals surface area contributed by atoms with Gasteiger partial charge in [-0.3, -0.25) is 14.3 Å². The van der Waals surface area contributed by atoms with Gasteiger partial charge in [0.1, 0.15) is 6.54 Å². The minimum atomic E-state index is -0.131. The van der Waals surface area contributed by atoms with Crippen LogP contribution in [0, 0.1) is 13.8 Å². The highest BCUT2D eigenvalue weighted by Crippen LogP contribution is 2.17. The standard InChI is InChI=1S/C18H19N3O2/c1-4-20-12(2)9-15(13(20)3)18(23)11-21-16-8-6-5-7-14(16)17(22)10-19-21/h5-10H,4,11H2,1-3H3. The predicted molar refractivity (Wildman–Crippen MR) is 89.9 cm³/mol. The summed E-state index contributed by atoms with van der Waals surface area (Å²) in [5, 5.41) is 4.71. The Morgan fingerprint density at radius 1 is 1.22 bits per heavy atom. The Morgan fingerprint density at radius 2 is 1.96 bits per heavy atom. The van der Waals surface area contributed by atoms with Crippen LogP contribution in [0.2, 0.25) is 0 Å². The largest absolute Gasteiger partial charge is 0.349 e. The summed E-state index contributed by atoms with van der Waals surface area (Å²) >= 11 is 0. The van der Waals surface area contributed by atoms with Gasteiger partial charge in [-0.25, -0.2) is 0 Å². The van der Waals surface area contributed by atoms with Gasteiger partial charge in [0.05, 0.1) is 11.7 Å². The Balaban J connectivity index is 2.02. The van der Waals surface area contributed by atoms with Gasteiger partial charge in [-0.2, -0.15) is 5.10 Å². The van der Waals surface area contributed by atoms with E-state index in [0.717, 1.165) is 17.9 Å². The Hall–Kier alpha value is -2.69. The van der Waals surface area contributed by atoms with E-state index in [1.54, 1.807) is 10.7 Å². The summed E-state index contributed by atoms with van der Waals surface area (Å²) in [4.78, 5) is 24.6. The smallest absolute Gasteiger partial charge is 0.207 e. The van der Waals surface area contributed by atoms with Gasteiger partial charge in [-0.05, 0) is 39.0 Å². The number of benzene rings is 1. The number of aryl methyl sites for hydroxylation is 1. The monoisotopic (exact) mass is 309 g/mol. The highest BCUT2D eigenvalue weighted by atomic mass is 16.1. The van der Waals surface area contributed by atoms with Crippen molar-refractivity contribution in [3.8, 4) is 0 Å². The fourth-order valence-corrected chi connectivity index (χ4v) is 3.08. The summed E-state index contributed by atoms with van der Waals surface area (Å²) in [6.45, 7) is 6.98. The number of nitrogens with zero attached hydrogens (tertiary/aromatic N) is 3. The van der Waals surface area contributed by atoms with E-state index in [1.807, 2.05) is 38.1 Å².